The summed E-state index contributed by atoms with van der Waals surface area (Å²) in [5.74, 6) is -0.324. The van der Waals surface area contributed by atoms with Gasteiger partial charge in [-0.25, -0.2) is 0 Å². The average Bonchev–Trinajstić information content (AvgIpc) is 3.12. The Morgan fingerprint density at radius 3 is 2.69 bits per heavy atom. The highest BCUT2D eigenvalue weighted by Crippen LogP contribution is 2.44. The molecule has 0 fully saturated rings. The third kappa shape index (κ3) is 2.66. The summed E-state index contributed by atoms with van der Waals surface area (Å²) in [6.07, 6.45) is 0.354. The molecule has 4 rings (SSSR count). The number of hydrogen-bond donors (Lipinski definition) is 3. The molecular formula is C23H21N3O3. The molecule has 1 aromatic heterocycles. The summed E-state index contributed by atoms with van der Waals surface area (Å²) in [6.45, 7) is 3.95. The molecule has 146 valence electrons. The molecule has 1 aliphatic rings. The lowest BCUT2D eigenvalue weighted by molar-refractivity contribution is 0.0960. The smallest absolute Gasteiger partial charge is 0.251 e. The number of nitrogens with one attached hydrogen (secondary N) is 2. The second kappa shape index (κ2) is 6.57. The Morgan fingerprint density at radius 2 is 2.03 bits per heavy atom. The van der Waals surface area contributed by atoms with Crippen molar-refractivity contribution in [1.82, 2.24) is 10.3 Å². The summed E-state index contributed by atoms with van der Waals surface area (Å²) in [7, 11) is 1.57. The largest absolute Gasteiger partial charge is 0.396 e. The van der Waals surface area contributed by atoms with Gasteiger partial charge in [0.25, 0.3) is 5.91 Å². The first-order valence-corrected chi connectivity index (χ1v) is 9.44. The number of H-pyrrole nitrogens is 1. The van der Waals surface area contributed by atoms with Crippen LogP contribution in [-0.4, -0.2) is 35.4 Å². The predicted molar refractivity (Wildman–Crippen MR) is 109 cm³/mol. The summed E-state index contributed by atoms with van der Waals surface area (Å²) < 4.78 is 0. The summed E-state index contributed by atoms with van der Waals surface area (Å²) >= 11 is 0. The monoisotopic (exact) mass is 387 g/mol. The van der Waals surface area contributed by atoms with Crippen molar-refractivity contribution in [3.63, 3.8) is 0 Å². The van der Waals surface area contributed by atoms with Crippen LogP contribution in [0.1, 0.15) is 62.5 Å². The van der Waals surface area contributed by atoms with Crippen LogP contribution in [0.3, 0.4) is 0 Å². The van der Waals surface area contributed by atoms with Gasteiger partial charge < -0.3 is 15.4 Å². The molecule has 0 spiro atoms. The molecule has 3 N–H and O–H groups in total. The third-order valence-corrected chi connectivity index (χ3v) is 5.77. The van der Waals surface area contributed by atoms with Crippen molar-refractivity contribution in [3.05, 3.63) is 69.4 Å². The van der Waals surface area contributed by atoms with Crippen molar-refractivity contribution >= 4 is 22.6 Å². The Hall–Kier alpha value is -3.43. The number of carbonyl (C=O) groups is 2. The van der Waals surface area contributed by atoms with E-state index in [0.717, 1.165) is 22.2 Å². The van der Waals surface area contributed by atoms with Crippen molar-refractivity contribution in [1.29, 1.82) is 5.26 Å². The van der Waals surface area contributed by atoms with Crippen LogP contribution in [0.2, 0.25) is 0 Å². The lowest BCUT2D eigenvalue weighted by Crippen LogP contribution is -2.31. The van der Waals surface area contributed by atoms with E-state index in [2.05, 4.69) is 16.4 Å². The second-order valence-corrected chi connectivity index (χ2v) is 7.81. The molecule has 6 heteroatoms. The number of nitrogens with zero attached hydrogens (tertiary/aromatic N) is 1. The Balaban J connectivity index is 2.03. The number of hydrogen-bond acceptors (Lipinski definition) is 4. The fourth-order valence-corrected chi connectivity index (χ4v) is 4.31. The lowest BCUT2D eigenvalue weighted by Gasteiger charge is -2.32. The molecule has 0 atom stereocenters. The molecule has 0 aliphatic heterocycles. The summed E-state index contributed by atoms with van der Waals surface area (Å²) in [6, 6.07) is 10.8. The number of aromatic nitrogens is 1. The van der Waals surface area contributed by atoms with Gasteiger partial charge in [0.2, 0.25) is 0 Å². The normalized spacial score (nSPS) is 14.2. The number of aliphatic hydroxyl groups is 1. The molecule has 3 aromatic rings. The maximum absolute atomic E-state index is 13.5. The first kappa shape index (κ1) is 18.9. The molecule has 0 bridgehead atoms. The van der Waals surface area contributed by atoms with E-state index < -0.39 is 5.41 Å². The van der Waals surface area contributed by atoms with E-state index in [4.69, 9.17) is 0 Å². The number of carbonyl (C=O) groups excluding carboxylic acids is 2. The quantitative estimate of drug-likeness (QED) is 0.642. The fourth-order valence-electron chi connectivity index (χ4n) is 4.31. The predicted octanol–water partition coefficient (Wildman–Crippen LogP) is 2.80. The third-order valence-electron chi connectivity index (χ3n) is 5.77. The van der Waals surface area contributed by atoms with Crippen molar-refractivity contribution in [2.75, 3.05) is 13.7 Å². The summed E-state index contributed by atoms with van der Waals surface area (Å²) in [4.78, 5) is 29.0. The van der Waals surface area contributed by atoms with Crippen molar-refractivity contribution in [2.24, 2.45) is 0 Å². The molecule has 6 nitrogen and oxygen atoms in total. The topological polar surface area (TPSA) is 106 Å². The van der Waals surface area contributed by atoms with Crippen LogP contribution in [0.15, 0.2) is 30.3 Å². The maximum atomic E-state index is 13.5. The number of aromatic amines is 1. The van der Waals surface area contributed by atoms with E-state index in [1.165, 1.54) is 0 Å². The average molecular weight is 387 g/mol. The minimum atomic E-state index is -0.551. The number of aliphatic hydroxyl groups excluding tert-OH is 1. The highest BCUT2D eigenvalue weighted by molar-refractivity contribution is 6.21. The van der Waals surface area contributed by atoms with E-state index in [0.29, 0.717) is 34.2 Å². The zero-order chi connectivity index (χ0) is 20.9. The van der Waals surface area contributed by atoms with Crippen LogP contribution in [0.4, 0.5) is 0 Å². The number of ketones is 1. The van der Waals surface area contributed by atoms with Gasteiger partial charge in [-0.3, -0.25) is 9.59 Å². The van der Waals surface area contributed by atoms with Gasteiger partial charge in [-0.15, -0.1) is 0 Å². The highest BCUT2D eigenvalue weighted by atomic mass is 16.3. The van der Waals surface area contributed by atoms with Gasteiger partial charge in [-0.2, -0.15) is 5.26 Å². The minimum Gasteiger partial charge on any atom is -0.396 e. The number of benzene rings is 2. The number of amides is 1. The van der Waals surface area contributed by atoms with Crippen LogP contribution in [0, 0.1) is 11.3 Å². The van der Waals surface area contributed by atoms with Crippen LogP contribution in [0.5, 0.6) is 0 Å². The maximum Gasteiger partial charge on any atom is 0.251 e. The molecule has 29 heavy (non-hydrogen) atoms. The zero-order valence-corrected chi connectivity index (χ0v) is 16.5. The van der Waals surface area contributed by atoms with Crippen LogP contribution in [0.25, 0.3) is 10.9 Å². The molecule has 0 radical (unpaired) electrons. The molecule has 1 aliphatic carbocycles. The Morgan fingerprint density at radius 1 is 1.28 bits per heavy atom. The Labute approximate surface area is 168 Å². The van der Waals surface area contributed by atoms with Crippen molar-refractivity contribution in [2.45, 2.75) is 25.7 Å². The van der Waals surface area contributed by atoms with E-state index >= 15 is 0 Å². The van der Waals surface area contributed by atoms with E-state index in [-0.39, 0.29) is 18.3 Å². The van der Waals surface area contributed by atoms with Crippen molar-refractivity contribution < 1.29 is 14.7 Å². The summed E-state index contributed by atoms with van der Waals surface area (Å²) in [5, 5.41) is 22.2. The van der Waals surface area contributed by atoms with Gasteiger partial charge in [-0.1, -0.05) is 13.8 Å². The van der Waals surface area contributed by atoms with E-state index in [1.54, 1.807) is 37.4 Å². The van der Waals surface area contributed by atoms with Crippen LogP contribution < -0.4 is 5.32 Å². The van der Waals surface area contributed by atoms with Gasteiger partial charge in [0, 0.05) is 46.8 Å². The molecular weight excluding hydrogens is 366 g/mol. The Kier molecular flexibility index (Phi) is 4.29. The van der Waals surface area contributed by atoms with Gasteiger partial charge in [0.1, 0.15) is 0 Å². The van der Waals surface area contributed by atoms with Gasteiger partial charge in [0.05, 0.1) is 17.2 Å². The van der Waals surface area contributed by atoms with Gasteiger partial charge in [-0.05, 0) is 47.9 Å². The molecule has 0 unspecified atom stereocenters. The SMILES string of the molecule is CNC(=O)c1ccc2c(c1)C(C)(C)c1[nH]c3cc(C#N)cc(CCO)c3c1C2=O. The van der Waals surface area contributed by atoms with Crippen molar-refractivity contribution in [3.8, 4) is 6.07 Å². The number of rotatable bonds is 3. The van der Waals surface area contributed by atoms with Crippen LogP contribution in [-0.2, 0) is 11.8 Å². The van der Waals surface area contributed by atoms with E-state index in [1.807, 2.05) is 13.8 Å². The van der Waals surface area contributed by atoms with Gasteiger partial charge >= 0.3 is 0 Å². The fraction of sp³-hybridized carbons (Fsp3) is 0.261. The molecule has 2 aromatic carbocycles. The lowest BCUT2D eigenvalue weighted by atomic mass is 9.70. The van der Waals surface area contributed by atoms with Gasteiger partial charge in [0.15, 0.2) is 5.78 Å². The number of fused-ring (bicyclic) bond motifs is 4. The second-order valence-electron chi connectivity index (χ2n) is 7.81. The highest BCUT2D eigenvalue weighted by Gasteiger charge is 2.40. The number of nitriles is 1. The summed E-state index contributed by atoms with van der Waals surface area (Å²) in [5.41, 5.74) is 4.59. The first-order chi connectivity index (χ1) is 13.8. The minimum absolute atomic E-state index is 0.0758. The Bertz CT molecular complexity index is 1230. The molecule has 1 amide bonds. The zero-order valence-electron chi connectivity index (χ0n) is 16.5. The van der Waals surface area contributed by atoms with E-state index in [9.17, 15) is 20.0 Å². The molecule has 1 heterocycles. The standard InChI is InChI=1S/C23H21N3O3/c1-23(2)16-10-14(22(29)25-3)4-5-15(16)20(28)19-18-13(6-7-27)8-12(11-24)9-17(18)26-21(19)23/h4-5,8-10,26-27H,6-7H2,1-3H3,(H,25,29). The first-order valence-electron chi connectivity index (χ1n) is 9.44. The molecule has 0 saturated heterocycles. The van der Waals surface area contributed by atoms with Crippen LogP contribution >= 0.6 is 0 Å². The molecule has 0 saturated carbocycles.